The number of rotatable bonds is 15. The number of carbonyl (C=O) groups excluding carboxylic acids is 5. The number of urea groups is 1. The van der Waals surface area contributed by atoms with Crippen molar-refractivity contribution in [1.82, 2.24) is 20.9 Å². The van der Waals surface area contributed by atoms with Gasteiger partial charge in [-0.05, 0) is 61.0 Å². The summed E-state index contributed by atoms with van der Waals surface area (Å²) in [5.41, 5.74) is 2.38. The molecular weight excluding hydrogens is 630 g/mol. The average Bonchev–Trinajstić information content (AvgIpc) is 3.31. The summed E-state index contributed by atoms with van der Waals surface area (Å²) in [6, 6.07) is 1.13. The predicted octanol–water partition coefficient (Wildman–Crippen LogP) is 4.39. The first kappa shape index (κ1) is 39.0. The van der Waals surface area contributed by atoms with Crippen molar-refractivity contribution < 1.29 is 28.4 Å². The minimum Gasteiger partial charge on any atom is -0.468 e. The number of likely N-dealkylation sites (N-methyl/N-ethyl adjacent to an activating group) is 1. The fourth-order valence-corrected chi connectivity index (χ4v) is 8.55. The maximum atomic E-state index is 14.5. The number of nitrogens with zero attached hydrogens (tertiary/aromatic N) is 1. The van der Waals surface area contributed by atoms with Gasteiger partial charge in [-0.25, -0.2) is 4.79 Å². The van der Waals surface area contributed by atoms with Crippen molar-refractivity contribution in [2.75, 3.05) is 12.8 Å². The van der Waals surface area contributed by atoms with Gasteiger partial charge in [-0.3, -0.25) is 19.2 Å². The zero-order valence-corrected chi connectivity index (χ0v) is 30.7. The molecule has 1 aromatic rings. The predicted molar refractivity (Wildman–Crippen MR) is 187 cm³/mol. The monoisotopic (exact) mass is 685 g/mol. The molecule has 2 fully saturated rings. The van der Waals surface area contributed by atoms with Crippen LogP contribution in [0.1, 0.15) is 99.2 Å². The number of furan rings is 1. The lowest BCUT2D eigenvalue weighted by atomic mass is 9.82. The topological polar surface area (TPSA) is 164 Å². The van der Waals surface area contributed by atoms with Crippen molar-refractivity contribution >= 4 is 41.3 Å². The largest absolute Gasteiger partial charge is 0.468 e. The lowest BCUT2D eigenvalue weighted by Crippen LogP contribution is -2.67. The zero-order valence-electron chi connectivity index (χ0n) is 29.9. The maximum absolute atomic E-state index is 14.5. The molecule has 0 radical (unpaired) electrons. The van der Waals surface area contributed by atoms with E-state index in [0.717, 1.165) is 37.9 Å². The van der Waals surface area contributed by atoms with E-state index in [1.807, 2.05) is 53.7 Å². The summed E-state index contributed by atoms with van der Waals surface area (Å²) in [6.45, 7) is 13.3. The molecule has 2 aliphatic rings. The first-order valence-corrected chi connectivity index (χ1v) is 18.0. The van der Waals surface area contributed by atoms with E-state index >= 15 is 0 Å². The van der Waals surface area contributed by atoms with Gasteiger partial charge in [0.2, 0.25) is 17.6 Å². The standard InChI is InChI=1S/C36H55N5O6S/c1-10-11-17-25(26(42)29(37)43)38-31(45)35(8,27-23(2)34(27,6)7)41(9)30(44)28(33(3,4)5)39-32(46)40-36(18-13-12-14-19-36)22-48-21-24-16-15-20-47-24/h1,15-16,20,23,25,27-28H,11-14,17-19,21-22H2,2-9H3,(H2,37,43)(H,38,45)(H2,39,40,46)/t23-,25?,27?,28-,35?/m1/s1. The number of Topliss-reactive ketones (excluding diaryl/α,β-unsaturated/α-hetero) is 1. The Morgan fingerprint density at radius 3 is 2.25 bits per heavy atom. The van der Waals surface area contributed by atoms with Crippen molar-refractivity contribution in [3.8, 4) is 12.3 Å². The third kappa shape index (κ3) is 8.76. The molecule has 0 aliphatic heterocycles. The number of hydrogen-bond donors (Lipinski definition) is 4. The van der Waals surface area contributed by atoms with E-state index in [2.05, 4.69) is 21.9 Å². The quantitative estimate of drug-likeness (QED) is 0.157. The molecule has 11 nitrogen and oxygen atoms in total. The molecule has 12 heteroatoms. The van der Waals surface area contributed by atoms with Crippen LogP contribution >= 0.6 is 11.8 Å². The number of hydrogen-bond acceptors (Lipinski definition) is 7. The minimum absolute atomic E-state index is 0.0231. The van der Waals surface area contributed by atoms with Gasteiger partial charge in [-0.15, -0.1) is 12.3 Å². The second-order valence-corrected chi connectivity index (χ2v) is 16.4. The van der Waals surface area contributed by atoms with Crippen molar-refractivity contribution in [1.29, 1.82) is 0 Å². The number of terminal acetylenes is 1. The molecule has 48 heavy (non-hydrogen) atoms. The molecule has 266 valence electrons. The van der Waals surface area contributed by atoms with Crippen LogP contribution in [0.25, 0.3) is 0 Å². The van der Waals surface area contributed by atoms with Crippen molar-refractivity contribution in [3.05, 3.63) is 24.2 Å². The van der Waals surface area contributed by atoms with Crippen molar-refractivity contribution in [3.63, 3.8) is 0 Å². The van der Waals surface area contributed by atoms with Crippen molar-refractivity contribution in [2.45, 2.75) is 122 Å². The Balaban J connectivity index is 1.87. The Labute approximate surface area is 290 Å². The van der Waals surface area contributed by atoms with Crippen LogP contribution in [0.2, 0.25) is 0 Å². The first-order valence-electron chi connectivity index (χ1n) is 16.9. The van der Waals surface area contributed by atoms with E-state index in [1.165, 1.54) is 4.90 Å². The van der Waals surface area contributed by atoms with Gasteiger partial charge in [0, 0.05) is 19.2 Å². The van der Waals surface area contributed by atoms with E-state index in [1.54, 1.807) is 32.0 Å². The average molecular weight is 686 g/mol. The zero-order chi connectivity index (χ0) is 36.1. The Bertz CT molecular complexity index is 1370. The van der Waals surface area contributed by atoms with Gasteiger partial charge in [0.25, 0.3) is 5.91 Å². The Morgan fingerprint density at radius 1 is 1.12 bits per heavy atom. The highest BCUT2D eigenvalue weighted by Gasteiger charge is 2.67. The number of amides is 5. The Morgan fingerprint density at radius 2 is 1.75 bits per heavy atom. The van der Waals surface area contributed by atoms with Gasteiger partial charge in [-0.2, -0.15) is 11.8 Å². The molecule has 3 unspecified atom stereocenters. The van der Waals surface area contributed by atoms with Crippen LogP contribution in [-0.2, 0) is 24.9 Å². The number of ketones is 1. The van der Waals surface area contributed by atoms with Crippen LogP contribution in [0.4, 0.5) is 4.79 Å². The third-order valence-corrected chi connectivity index (χ3v) is 11.9. The van der Waals surface area contributed by atoms with Gasteiger partial charge in [0.15, 0.2) is 0 Å². The normalized spacial score (nSPS) is 22.1. The fourth-order valence-electron chi connectivity index (χ4n) is 7.34. The lowest BCUT2D eigenvalue weighted by Gasteiger charge is -2.44. The van der Waals surface area contributed by atoms with E-state index in [4.69, 9.17) is 16.6 Å². The molecule has 5 N–H and O–H groups in total. The van der Waals surface area contributed by atoms with E-state index in [-0.39, 0.29) is 30.1 Å². The summed E-state index contributed by atoms with van der Waals surface area (Å²) in [7, 11) is 1.56. The van der Waals surface area contributed by atoms with Crippen LogP contribution in [0.5, 0.6) is 0 Å². The number of thioether (sulfide) groups is 1. The minimum atomic E-state index is -1.44. The van der Waals surface area contributed by atoms with Gasteiger partial charge >= 0.3 is 6.03 Å². The number of nitrogens with one attached hydrogen (secondary N) is 3. The summed E-state index contributed by atoms with van der Waals surface area (Å²) in [4.78, 5) is 68.4. The highest BCUT2D eigenvalue weighted by molar-refractivity contribution is 7.98. The molecule has 1 heterocycles. The molecule has 3 rings (SSSR count). The van der Waals surface area contributed by atoms with E-state index in [9.17, 15) is 24.0 Å². The molecule has 2 aliphatic carbocycles. The molecule has 0 saturated heterocycles. The Hall–Kier alpha value is -3.46. The molecular formula is C36H55N5O6S. The van der Waals surface area contributed by atoms with Gasteiger partial charge in [0.05, 0.1) is 23.6 Å². The highest BCUT2D eigenvalue weighted by Crippen LogP contribution is 2.64. The van der Waals surface area contributed by atoms with E-state index in [0.29, 0.717) is 11.5 Å². The lowest BCUT2D eigenvalue weighted by molar-refractivity contribution is -0.151. The molecule has 0 spiro atoms. The molecule has 0 bridgehead atoms. The molecule has 5 amide bonds. The SMILES string of the molecule is C#CCCC(NC(=O)C(C)(C1[C@@H](C)C1(C)C)N(C)C(=O)[C@@H](NC(=O)NC1(CSCc2ccco2)CCCCC1)C(C)(C)C)C(=O)C(N)=O. The molecule has 0 aromatic carbocycles. The summed E-state index contributed by atoms with van der Waals surface area (Å²) < 4.78 is 5.48. The number of nitrogens with two attached hydrogens (primary N) is 1. The van der Waals surface area contributed by atoms with Crippen LogP contribution in [0.15, 0.2) is 22.8 Å². The summed E-state index contributed by atoms with van der Waals surface area (Å²) in [5, 5.41) is 8.93. The summed E-state index contributed by atoms with van der Waals surface area (Å²) in [6.07, 6.45) is 12.0. The van der Waals surface area contributed by atoms with Crippen LogP contribution in [0, 0.1) is 35.0 Å². The van der Waals surface area contributed by atoms with Crippen LogP contribution in [-0.4, -0.2) is 70.4 Å². The summed E-state index contributed by atoms with van der Waals surface area (Å²) in [5.74, 6) is 1.28. The van der Waals surface area contributed by atoms with Gasteiger partial charge in [-0.1, -0.05) is 60.8 Å². The van der Waals surface area contributed by atoms with E-state index < -0.39 is 58.1 Å². The molecule has 1 aromatic heterocycles. The molecule has 2 saturated carbocycles. The number of primary amides is 1. The highest BCUT2D eigenvalue weighted by atomic mass is 32.2. The number of carbonyl (C=O) groups is 5. The fraction of sp³-hybridized carbons (Fsp3) is 0.694. The van der Waals surface area contributed by atoms with Crippen LogP contribution < -0.4 is 21.7 Å². The van der Waals surface area contributed by atoms with Gasteiger partial charge < -0.3 is 31.0 Å². The second kappa shape index (κ2) is 15.4. The maximum Gasteiger partial charge on any atom is 0.315 e. The molecule has 5 atom stereocenters. The van der Waals surface area contributed by atoms with Gasteiger partial charge in [0.1, 0.15) is 17.3 Å². The smallest absolute Gasteiger partial charge is 0.315 e. The van der Waals surface area contributed by atoms with Crippen LogP contribution in [0.3, 0.4) is 0 Å². The summed E-state index contributed by atoms with van der Waals surface area (Å²) >= 11 is 1.70. The Kier molecular flexibility index (Phi) is 12.5. The second-order valence-electron chi connectivity index (χ2n) is 15.4. The third-order valence-electron chi connectivity index (χ3n) is 10.7. The first-order chi connectivity index (χ1) is 22.3. The van der Waals surface area contributed by atoms with Crippen molar-refractivity contribution in [2.24, 2.45) is 28.4 Å².